The topological polar surface area (TPSA) is 186 Å². The molecule has 0 N–H and O–H groups in total. The molecular formula is C28H18N4O9. The van der Waals surface area contributed by atoms with Crippen LogP contribution in [0, 0.1) is 20.2 Å². The van der Waals surface area contributed by atoms with E-state index < -0.39 is 27.3 Å². The number of pyridine rings is 2. The zero-order valence-electron chi connectivity index (χ0n) is 21.1. The summed E-state index contributed by atoms with van der Waals surface area (Å²) in [6.45, 7) is 1.24. The van der Waals surface area contributed by atoms with Gasteiger partial charge in [-0.15, -0.1) is 0 Å². The van der Waals surface area contributed by atoms with Crippen LogP contribution in [0.2, 0.25) is 0 Å². The van der Waals surface area contributed by atoms with Gasteiger partial charge < -0.3 is 9.15 Å². The minimum absolute atomic E-state index is 0.0242. The molecule has 0 fully saturated rings. The molecule has 3 aromatic heterocycles. The number of para-hydroxylation sites is 2. The van der Waals surface area contributed by atoms with E-state index in [4.69, 9.17) is 9.15 Å². The summed E-state index contributed by atoms with van der Waals surface area (Å²) in [6, 6.07) is 15.9. The van der Waals surface area contributed by atoms with Crippen LogP contribution in [0.5, 0.6) is 5.75 Å². The van der Waals surface area contributed by atoms with Gasteiger partial charge in [-0.2, -0.15) is 0 Å². The van der Waals surface area contributed by atoms with Crippen LogP contribution >= 0.6 is 0 Å². The molecule has 0 unspecified atom stereocenters. The third kappa shape index (κ3) is 6.31. The van der Waals surface area contributed by atoms with E-state index in [1.54, 1.807) is 18.3 Å². The van der Waals surface area contributed by atoms with Crippen LogP contribution in [0.3, 0.4) is 0 Å². The van der Waals surface area contributed by atoms with E-state index in [2.05, 4.69) is 9.97 Å². The largest absolute Gasteiger partial charge is 0.448 e. The van der Waals surface area contributed by atoms with Crippen LogP contribution in [0.1, 0.15) is 27.6 Å². The van der Waals surface area contributed by atoms with Crippen LogP contribution in [0.15, 0.2) is 101 Å². The molecule has 5 rings (SSSR count). The highest BCUT2D eigenvalue weighted by molar-refractivity contribution is 6.00. The summed E-state index contributed by atoms with van der Waals surface area (Å²) in [5.74, 6) is -1.36. The van der Waals surface area contributed by atoms with Crippen LogP contribution in [-0.2, 0) is 0 Å². The first-order valence-corrected chi connectivity index (χ1v) is 11.7. The second-order valence-electron chi connectivity index (χ2n) is 8.23. The Bertz CT molecular complexity index is 1810. The molecule has 0 aliphatic heterocycles. The summed E-state index contributed by atoms with van der Waals surface area (Å²) in [5.41, 5.74) is -0.334. The maximum absolute atomic E-state index is 12.0. The second kappa shape index (κ2) is 12.2. The Morgan fingerprint density at radius 3 is 2.12 bits per heavy atom. The average molecular weight is 554 g/mol. The zero-order chi connectivity index (χ0) is 29.5. The Morgan fingerprint density at radius 2 is 1.51 bits per heavy atom. The minimum atomic E-state index is -0.820. The molecule has 204 valence electrons. The minimum Gasteiger partial charge on any atom is -0.448 e. The number of esters is 1. The predicted octanol–water partition coefficient (Wildman–Crippen LogP) is 5.17. The fourth-order valence-corrected chi connectivity index (χ4v) is 3.65. The van der Waals surface area contributed by atoms with Crippen molar-refractivity contribution >= 4 is 34.1 Å². The number of hydrogen-bond acceptors (Lipinski definition) is 11. The predicted molar refractivity (Wildman–Crippen MR) is 145 cm³/mol. The number of nitro groups is 2. The van der Waals surface area contributed by atoms with Crippen LogP contribution in [0.4, 0.5) is 11.4 Å². The highest BCUT2D eigenvalue weighted by Crippen LogP contribution is 2.32. The first-order chi connectivity index (χ1) is 19.7. The lowest BCUT2D eigenvalue weighted by Crippen LogP contribution is -2.12. The van der Waals surface area contributed by atoms with E-state index in [0.29, 0.717) is 5.56 Å². The third-order valence-corrected chi connectivity index (χ3v) is 5.54. The van der Waals surface area contributed by atoms with Crippen molar-refractivity contribution in [1.82, 2.24) is 9.97 Å². The first kappa shape index (κ1) is 27.9. The van der Waals surface area contributed by atoms with E-state index in [9.17, 15) is 34.6 Å². The van der Waals surface area contributed by atoms with Gasteiger partial charge in [0, 0.05) is 48.5 Å². The number of carbonyl (C=O) groups is 2. The fraction of sp³-hybridized carbons (Fsp3) is 0.0357. The number of aromatic nitrogens is 2. The SMILES string of the molecule is CC(=O)c1cccc([N+](=O)[O-])c1OC(=O)c1cccnc1.O=c1cc(-c2cccnc2)oc2c([N+](=O)[O-])cccc12. The van der Waals surface area contributed by atoms with Gasteiger partial charge in [-0.05, 0) is 43.3 Å². The summed E-state index contributed by atoms with van der Waals surface area (Å²) < 4.78 is 10.6. The van der Waals surface area contributed by atoms with Crippen LogP contribution < -0.4 is 10.2 Å². The Balaban J connectivity index is 0.000000189. The van der Waals surface area contributed by atoms with Gasteiger partial charge in [-0.1, -0.05) is 12.1 Å². The molecule has 0 bridgehead atoms. The molecule has 0 saturated carbocycles. The zero-order valence-corrected chi connectivity index (χ0v) is 21.1. The Morgan fingerprint density at radius 1 is 0.854 bits per heavy atom. The van der Waals surface area contributed by atoms with Crippen molar-refractivity contribution in [3.8, 4) is 17.1 Å². The molecule has 13 heteroatoms. The van der Waals surface area contributed by atoms with Crippen molar-refractivity contribution in [2.24, 2.45) is 0 Å². The van der Waals surface area contributed by atoms with Gasteiger partial charge in [0.25, 0.3) is 0 Å². The Kier molecular flexibility index (Phi) is 8.28. The van der Waals surface area contributed by atoms with E-state index in [0.717, 1.165) is 6.07 Å². The van der Waals surface area contributed by atoms with E-state index >= 15 is 0 Å². The van der Waals surface area contributed by atoms with Gasteiger partial charge in [0.2, 0.25) is 11.3 Å². The number of benzene rings is 2. The summed E-state index contributed by atoms with van der Waals surface area (Å²) in [4.78, 5) is 64.0. The van der Waals surface area contributed by atoms with E-state index in [1.165, 1.54) is 74.0 Å². The first-order valence-electron chi connectivity index (χ1n) is 11.7. The fourth-order valence-electron chi connectivity index (χ4n) is 3.65. The van der Waals surface area contributed by atoms with Gasteiger partial charge in [0.1, 0.15) is 5.76 Å². The number of non-ortho nitro benzene ring substituents is 1. The molecule has 0 amide bonds. The highest BCUT2D eigenvalue weighted by atomic mass is 16.6. The molecule has 0 saturated heterocycles. The second-order valence-corrected chi connectivity index (χ2v) is 8.23. The number of ether oxygens (including phenoxy) is 1. The van der Waals surface area contributed by atoms with Crippen molar-refractivity contribution in [3.63, 3.8) is 0 Å². The monoisotopic (exact) mass is 554 g/mol. The molecule has 5 aromatic rings. The molecule has 0 spiro atoms. The normalized spacial score (nSPS) is 10.3. The molecule has 13 nitrogen and oxygen atoms in total. The summed E-state index contributed by atoms with van der Waals surface area (Å²) in [5, 5.41) is 22.2. The summed E-state index contributed by atoms with van der Waals surface area (Å²) in [7, 11) is 0. The summed E-state index contributed by atoms with van der Waals surface area (Å²) >= 11 is 0. The van der Waals surface area contributed by atoms with Crippen molar-refractivity contribution in [2.75, 3.05) is 0 Å². The lowest BCUT2D eigenvalue weighted by Gasteiger charge is -2.08. The smallest absolute Gasteiger partial charge is 0.345 e. The van der Waals surface area contributed by atoms with Crippen molar-refractivity contribution < 1.29 is 28.6 Å². The number of hydrogen-bond donors (Lipinski definition) is 0. The average Bonchev–Trinajstić information content (AvgIpc) is 2.98. The molecular weight excluding hydrogens is 536 g/mol. The number of nitrogens with zero attached hydrogens (tertiary/aromatic N) is 4. The van der Waals surface area contributed by atoms with Gasteiger partial charge in [-0.3, -0.25) is 39.8 Å². The summed E-state index contributed by atoms with van der Waals surface area (Å²) in [6.07, 6.45) is 5.86. The maximum atomic E-state index is 12.0. The number of nitro benzene ring substituents is 2. The van der Waals surface area contributed by atoms with Crippen molar-refractivity contribution in [2.45, 2.75) is 6.92 Å². The van der Waals surface area contributed by atoms with Crippen LogP contribution in [0.25, 0.3) is 22.3 Å². The standard InChI is InChI=1S/C14H10N2O5.C14H8N2O4/c1-9(17)11-5-2-6-12(16(19)20)13(11)21-14(18)10-4-3-7-15-8-10;17-12-7-13(9-3-2-6-15-8-9)20-14-10(12)4-1-5-11(14)16(18)19/h2-8H,1H3;1-8H. The van der Waals surface area contributed by atoms with Gasteiger partial charge >= 0.3 is 17.3 Å². The van der Waals surface area contributed by atoms with E-state index in [1.807, 2.05) is 0 Å². The maximum Gasteiger partial charge on any atom is 0.345 e. The van der Waals surface area contributed by atoms with Gasteiger partial charge in [-0.25, -0.2) is 4.79 Å². The number of ketones is 1. The number of Topliss-reactive ketones (excluding diaryl/α,β-unsaturated/α-hetero) is 1. The molecule has 3 heterocycles. The molecule has 0 atom stereocenters. The van der Waals surface area contributed by atoms with Crippen molar-refractivity contribution in [1.29, 1.82) is 0 Å². The van der Waals surface area contributed by atoms with Crippen LogP contribution in [-0.4, -0.2) is 31.6 Å². The highest BCUT2D eigenvalue weighted by Gasteiger charge is 2.24. The lowest BCUT2D eigenvalue weighted by atomic mass is 10.1. The number of rotatable bonds is 6. The van der Waals surface area contributed by atoms with Crippen molar-refractivity contribution in [3.05, 3.63) is 133 Å². The molecule has 0 radical (unpaired) electrons. The van der Waals surface area contributed by atoms with Gasteiger partial charge in [0.15, 0.2) is 11.2 Å². The Hall–Kier alpha value is -6.11. The molecule has 0 aliphatic rings. The number of carbonyl (C=O) groups excluding carboxylic acids is 2. The molecule has 0 aliphatic carbocycles. The Labute approximate surface area is 230 Å². The quantitative estimate of drug-likeness (QED) is 0.0885. The third-order valence-electron chi connectivity index (χ3n) is 5.54. The molecule has 41 heavy (non-hydrogen) atoms. The lowest BCUT2D eigenvalue weighted by molar-refractivity contribution is -0.385. The molecule has 2 aromatic carbocycles. The number of fused-ring (bicyclic) bond motifs is 1. The van der Waals surface area contributed by atoms with E-state index in [-0.39, 0.29) is 44.7 Å². The van der Waals surface area contributed by atoms with Gasteiger partial charge in [0.05, 0.1) is 26.4 Å².